The molecule has 5 nitrogen and oxygen atoms in total. The van der Waals surface area contributed by atoms with E-state index in [0.717, 1.165) is 0 Å². The quantitative estimate of drug-likeness (QED) is 0.283. The van der Waals surface area contributed by atoms with E-state index in [4.69, 9.17) is 14.6 Å². The summed E-state index contributed by atoms with van der Waals surface area (Å²) in [6.45, 7) is 7.16. The van der Waals surface area contributed by atoms with Crippen LogP contribution in [0.3, 0.4) is 0 Å². The summed E-state index contributed by atoms with van der Waals surface area (Å²) in [6, 6.07) is 0. The minimum Gasteiger partial charge on any atom is -0.451 e. The van der Waals surface area contributed by atoms with Gasteiger partial charge in [-0.3, -0.25) is 0 Å². The number of rotatable bonds is 9. The molecule has 17 heavy (non-hydrogen) atoms. The van der Waals surface area contributed by atoms with Gasteiger partial charge in [0.15, 0.2) is 12.4 Å². The number of aliphatic hydroxyl groups excluding tert-OH is 1. The maximum Gasteiger partial charge on any atom is 0.333 e. The van der Waals surface area contributed by atoms with Crippen LogP contribution >= 0.6 is 0 Å². The Kier molecular flexibility index (Phi) is 8.27. The molecular formula is C12H19O5. The molecular weight excluding hydrogens is 224 g/mol. The first kappa shape index (κ1) is 15.8. The molecule has 1 radical (unpaired) electrons. The van der Waals surface area contributed by atoms with Crippen LogP contribution in [-0.2, 0) is 19.1 Å². The van der Waals surface area contributed by atoms with E-state index < -0.39 is 12.1 Å². The molecule has 1 atom stereocenters. The SMILES string of the molecule is C=C(C)C(=O)O[C](CC)CCOCC(O)C=O. The summed E-state index contributed by atoms with van der Waals surface area (Å²) >= 11 is 0. The van der Waals surface area contributed by atoms with Crippen molar-refractivity contribution >= 4 is 12.3 Å². The van der Waals surface area contributed by atoms with Crippen LogP contribution in [0.25, 0.3) is 0 Å². The van der Waals surface area contributed by atoms with Crippen LogP contribution in [-0.4, -0.2) is 36.7 Å². The molecule has 1 N–H and O–H groups in total. The molecule has 0 rings (SSSR count). The monoisotopic (exact) mass is 243 g/mol. The zero-order valence-corrected chi connectivity index (χ0v) is 10.3. The lowest BCUT2D eigenvalue weighted by Gasteiger charge is -2.14. The summed E-state index contributed by atoms with van der Waals surface area (Å²) in [6.07, 6.45) is 0.947. The van der Waals surface area contributed by atoms with Gasteiger partial charge in [0.2, 0.25) is 0 Å². The normalized spacial score (nSPS) is 12.2. The Balaban J connectivity index is 3.79. The third kappa shape index (κ3) is 7.65. The zero-order chi connectivity index (χ0) is 13.3. The number of esters is 1. The predicted molar refractivity (Wildman–Crippen MR) is 61.9 cm³/mol. The van der Waals surface area contributed by atoms with Crippen molar-refractivity contribution in [2.75, 3.05) is 13.2 Å². The number of carbonyl (C=O) groups excluding carboxylic acids is 2. The first-order chi connectivity index (χ1) is 8.01. The van der Waals surface area contributed by atoms with Crippen LogP contribution in [0.1, 0.15) is 26.7 Å². The Morgan fingerprint density at radius 2 is 2.18 bits per heavy atom. The Labute approximate surface area is 101 Å². The highest BCUT2D eigenvalue weighted by Crippen LogP contribution is 2.14. The Bertz CT molecular complexity index is 262. The van der Waals surface area contributed by atoms with Crippen LogP contribution in [0.4, 0.5) is 0 Å². The molecule has 0 saturated heterocycles. The van der Waals surface area contributed by atoms with Crippen molar-refractivity contribution < 1.29 is 24.2 Å². The minimum absolute atomic E-state index is 0.0467. The van der Waals surface area contributed by atoms with E-state index in [1.807, 2.05) is 6.92 Å². The second-order valence-corrected chi connectivity index (χ2v) is 3.59. The van der Waals surface area contributed by atoms with Gasteiger partial charge in [0.25, 0.3) is 0 Å². The molecule has 0 aromatic rings. The molecule has 0 amide bonds. The standard InChI is InChI=1S/C12H19O5/c1-4-11(17-12(15)9(2)3)5-6-16-8-10(14)7-13/h7,10,14H,2,4-6,8H2,1,3H3. The second-order valence-electron chi connectivity index (χ2n) is 3.59. The molecule has 0 aliphatic carbocycles. The lowest BCUT2D eigenvalue weighted by Crippen LogP contribution is -2.18. The molecule has 0 aliphatic rings. The van der Waals surface area contributed by atoms with Gasteiger partial charge in [0, 0.05) is 12.0 Å². The summed E-state index contributed by atoms with van der Waals surface area (Å²) < 4.78 is 10.1. The fourth-order valence-electron chi connectivity index (χ4n) is 0.948. The van der Waals surface area contributed by atoms with Gasteiger partial charge < -0.3 is 19.4 Å². The number of hydrogen-bond donors (Lipinski definition) is 1. The van der Waals surface area contributed by atoms with Crippen LogP contribution in [0.5, 0.6) is 0 Å². The largest absolute Gasteiger partial charge is 0.451 e. The van der Waals surface area contributed by atoms with Crippen molar-refractivity contribution in [2.45, 2.75) is 32.8 Å². The third-order valence-electron chi connectivity index (χ3n) is 1.95. The maximum atomic E-state index is 11.2. The van der Waals surface area contributed by atoms with Crippen LogP contribution < -0.4 is 0 Å². The fourth-order valence-corrected chi connectivity index (χ4v) is 0.948. The van der Waals surface area contributed by atoms with E-state index in [1.165, 1.54) is 0 Å². The van der Waals surface area contributed by atoms with E-state index in [-0.39, 0.29) is 13.2 Å². The lowest BCUT2D eigenvalue weighted by molar-refractivity contribution is -0.138. The average Bonchev–Trinajstić information content (AvgIpc) is 2.31. The Hall–Kier alpha value is -1.20. The molecule has 0 bridgehead atoms. The molecule has 0 aromatic carbocycles. The first-order valence-corrected chi connectivity index (χ1v) is 5.44. The van der Waals surface area contributed by atoms with E-state index in [9.17, 15) is 9.59 Å². The van der Waals surface area contributed by atoms with Gasteiger partial charge in [-0.15, -0.1) is 0 Å². The number of ether oxygens (including phenoxy) is 2. The third-order valence-corrected chi connectivity index (χ3v) is 1.95. The van der Waals surface area contributed by atoms with Crippen molar-refractivity contribution in [3.63, 3.8) is 0 Å². The predicted octanol–water partition coefficient (Wildman–Crippen LogP) is 1.01. The zero-order valence-electron chi connectivity index (χ0n) is 10.3. The molecule has 0 heterocycles. The number of carbonyl (C=O) groups is 2. The van der Waals surface area contributed by atoms with Crippen molar-refractivity contribution in [3.8, 4) is 0 Å². The number of hydrogen-bond acceptors (Lipinski definition) is 5. The molecule has 1 unspecified atom stereocenters. The van der Waals surface area contributed by atoms with Crippen molar-refractivity contribution in [3.05, 3.63) is 18.3 Å². The highest BCUT2D eigenvalue weighted by Gasteiger charge is 2.14. The molecule has 97 valence electrons. The maximum absolute atomic E-state index is 11.2. The van der Waals surface area contributed by atoms with Crippen LogP contribution in [0.15, 0.2) is 12.2 Å². The summed E-state index contributed by atoms with van der Waals surface area (Å²) in [5.74, 6) is -0.449. The van der Waals surface area contributed by atoms with Crippen molar-refractivity contribution in [2.24, 2.45) is 0 Å². The van der Waals surface area contributed by atoms with Gasteiger partial charge in [-0.2, -0.15) is 0 Å². The van der Waals surface area contributed by atoms with Crippen molar-refractivity contribution in [1.82, 2.24) is 0 Å². The topological polar surface area (TPSA) is 72.8 Å². The lowest BCUT2D eigenvalue weighted by atomic mass is 10.2. The van der Waals surface area contributed by atoms with E-state index in [2.05, 4.69) is 6.58 Å². The Morgan fingerprint density at radius 1 is 1.53 bits per heavy atom. The van der Waals surface area contributed by atoms with Gasteiger partial charge in [-0.25, -0.2) is 4.79 Å². The van der Waals surface area contributed by atoms with E-state index >= 15 is 0 Å². The van der Waals surface area contributed by atoms with Gasteiger partial charge in [-0.1, -0.05) is 13.5 Å². The molecule has 0 saturated carbocycles. The fraction of sp³-hybridized carbons (Fsp3) is 0.583. The highest BCUT2D eigenvalue weighted by atomic mass is 16.5. The van der Waals surface area contributed by atoms with E-state index in [1.54, 1.807) is 6.92 Å². The molecule has 0 fully saturated rings. The highest BCUT2D eigenvalue weighted by molar-refractivity contribution is 5.87. The van der Waals surface area contributed by atoms with Crippen molar-refractivity contribution in [1.29, 1.82) is 0 Å². The first-order valence-electron chi connectivity index (χ1n) is 5.44. The van der Waals surface area contributed by atoms with Gasteiger partial charge in [0.1, 0.15) is 6.10 Å². The summed E-state index contributed by atoms with van der Waals surface area (Å²) in [7, 11) is 0. The van der Waals surface area contributed by atoms with Gasteiger partial charge >= 0.3 is 5.97 Å². The minimum atomic E-state index is -1.10. The molecule has 5 heteroatoms. The van der Waals surface area contributed by atoms with E-state index in [0.29, 0.717) is 30.8 Å². The second kappa shape index (κ2) is 8.90. The molecule has 0 aromatic heterocycles. The van der Waals surface area contributed by atoms with Gasteiger partial charge in [-0.05, 0) is 13.3 Å². The number of aldehydes is 1. The van der Waals surface area contributed by atoms with Crippen LogP contribution in [0.2, 0.25) is 0 Å². The average molecular weight is 243 g/mol. The van der Waals surface area contributed by atoms with Crippen LogP contribution in [0, 0.1) is 6.10 Å². The molecule has 0 spiro atoms. The molecule has 0 aliphatic heterocycles. The summed E-state index contributed by atoms with van der Waals surface area (Å²) in [5.41, 5.74) is 0.341. The summed E-state index contributed by atoms with van der Waals surface area (Å²) in [4.78, 5) is 21.3. The van der Waals surface area contributed by atoms with Gasteiger partial charge in [0.05, 0.1) is 13.2 Å². The number of aliphatic hydroxyl groups is 1. The Morgan fingerprint density at radius 3 is 2.65 bits per heavy atom. The summed E-state index contributed by atoms with van der Waals surface area (Å²) in [5, 5.41) is 8.90. The smallest absolute Gasteiger partial charge is 0.333 e.